The van der Waals surface area contributed by atoms with Gasteiger partial charge in [-0.2, -0.15) is 10.1 Å². The van der Waals surface area contributed by atoms with Crippen LogP contribution in [0.1, 0.15) is 13.8 Å². The first-order valence-electron chi connectivity index (χ1n) is 9.09. The Labute approximate surface area is 161 Å². The molecule has 0 aliphatic heterocycles. The monoisotopic (exact) mass is 375 g/mol. The number of anilines is 1. The Kier molecular flexibility index (Phi) is 4.57. The van der Waals surface area contributed by atoms with Crippen molar-refractivity contribution < 1.29 is 4.74 Å². The Morgan fingerprint density at radius 3 is 2.79 bits per heavy atom. The Morgan fingerprint density at radius 2 is 1.96 bits per heavy atom. The maximum absolute atomic E-state index is 12.3. The van der Waals surface area contributed by atoms with E-state index >= 15 is 0 Å². The summed E-state index contributed by atoms with van der Waals surface area (Å²) in [7, 11) is 0. The lowest BCUT2D eigenvalue weighted by Crippen LogP contribution is -2.12. The highest BCUT2D eigenvalue weighted by molar-refractivity contribution is 5.92. The number of ether oxygens (including phenoxy) is 1. The third-order valence-electron chi connectivity index (χ3n) is 4.38. The molecular formula is C21H21N5O2. The zero-order valence-corrected chi connectivity index (χ0v) is 15.7. The van der Waals surface area contributed by atoms with E-state index in [1.165, 1.54) is 0 Å². The highest BCUT2D eigenvalue weighted by atomic mass is 16.5. The molecule has 0 bridgehead atoms. The minimum absolute atomic E-state index is 0.396. The maximum Gasteiger partial charge on any atom is 0.345 e. The fourth-order valence-electron chi connectivity index (χ4n) is 3.02. The molecular weight excluding hydrogens is 354 g/mol. The molecule has 4 rings (SSSR count). The van der Waals surface area contributed by atoms with Crippen LogP contribution in [0.3, 0.4) is 0 Å². The Balaban J connectivity index is 1.79. The quantitative estimate of drug-likeness (QED) is 0.494. The highest BCUT2D eigenvalue weighted by Gasteiger charge is 2.12. The van der Waals surface area contributed by atoms with Gasteiger partial charge in [0, 0.05) is 16.5 Å². The van der Waals surface area contributed by atoms with Gasteiger partial charge in [0.25, 0.3) is 0 Å². The number of aromatic amines is 2. The Bertz CT molecular complexity index is 1190. The number of para-hydroxylation sites is 1. The molecule has 0 atom stereocenters. The summed E-state index contributed by atoms with van der Waals surface area (Å²) in [6.07, 6.45) is 0. The second kappa shape index (κ2) is 7.19. The average molecular weight is 375 g/mol. The first-order chi connectivity index (χ1) is 13.5. The number of fused-ring (bicyclic) bond motifs is 1. The fourth-order valence-corrected chi connectivity index (χ4v) is 3.02. The Morgan fingerprint density at radius 1 is 1.14 bits per heavy atom. The van der Waals surface area contributed by atoms with Crippen LogP contribution in [0, 0.1) is 5.92 Å². The summed E-state index contributed by atoms with van der Waals surface area (Å²) in [6.45, 7) is 4.77. The number of nitrogen functional groups attached to an aromatic ring is 1. The van der Waals surface area contributed by atoms with Crippen LogP contribution in [-0.4, -0.2) is 26.8 Å². The number of rotatable bonds is 5. The summed E-state index contributed by atoms with van der Waals surface area (Å²) in [5.41, 5.74) is 9.11. The van der Waals surface area contributed by atoms with Gasteiger partial charge in [-0.1, -0.05) is 32.0 Å². The fraction of sp³-hybridized carbons (Fsp3) is 0.190. The molecule has 0 fully saturated rings. The van der Waals surface area contributed by atoms with E-state index in [4.69, 9.17) is 10.5 Å². The number of nitrogens with two attached hydrogens (primary N) is 1. The second-order valence-electron chi connectivity index (χ2n) is 7.06. The predicted octanol–water partition coefficient (Wildman–Crippen LogP) is 3.60. The van der Waals surface area contributed by atoms with Crippen molar-refractivity contribution in [3.8, 4) is 28.3 Å². The van der Waals surface area contributed by atoms with Crippen LogP contribution in [0.2, 0.25) is 0 Å². The van der Waals surface area contributed by atoms with Crippen molar-refractivity contribution in [1.29, 1.82) is 0 Å². The standard InChI is InChI=1S/C21H21N5O2/c1-12(2)11-28-19-6-4-3-5-14(19)18-10-17(23-21(27)24-18)13-7-8-16-15(9-13)20(22)26-25-16/h3-10,12H,11H2,1-2H3,(H3,22,25,26)(H,23,24,27). The second-order valence-corrected chi connectivity index (χ2v) is 7.06. The summed E-state index contributed by atoms with van der Waals surface area (Å²) in [6, 6.07) is 15.1. The lowest BCUT2D eigenvalue weighted by atomic mass is 10.1. The molecule has 0 saturated carbocycles. The van der Waals surface area contributed by atoms with Gasteiger partial charge in [-0.3, -0.25) is 5.10 Å². The largest absolute Gasteiger partial charge is 0.493 e. The van der Waals surface area contributed by atoms with Crippen molar-refractivity contribution in [2.75, 3.05) is 12.3 Å². The van der Waals surface area contributed by atoms with Crippen molar-refractivity contribution >= 4 is 16.7 Å². The van der Waals surface area contributed by atoms with Crippen LogP contribution in [0.15, 0.2) is 53.3 Å². The number of hydrogen-bond donors (Lipinski definition) is 3. The highest BCUT2D eigenvalue weighted by Crippen LogP contribution is 2.31. The van der Waals surface area contributed by atoms with Crippen LogP contribution in [0.5, 0.6) is 5.75 Å². The van der Waals surface area contributed by atoms with E-state index in [2.05, 4.69) is 34.0 Å². The molecule has 4 N–H and O–H groups in total. The van der Waals surface area contributed by atoms with E-state index in [-0.39, 0.29) is 0 Å². The topological polar surface area (TPSA) is 110 Å². The first-order valence-corrected chi connectivity index (χ1v) is 9.09. The summed E-state index contributed by atoms with van der Waals surface area (Å²) in [4.78, 5) is 19.2. The van der Waals surface area contributed by atoms with Gasteiger partial charge in [0.2, 0.25) is 0 Å². The number of nitrogens with one attached hydrogen (secondary N) is 2. The SMILES string of the molecule is CC(C)COc1ccccc1-c1cc(-c2ccc3[nH]nc(N)c3c2)nc(=O)[nH]1. The van der Waals surface area contributed by atoms with Crippen molar-refractivity contribution in [3.05, 3.63) is 59.0 Å². The van der Waals surface area contributed by atoms with Gasteiger partial charge >= 0.3 is 5.69 Å². The van der Waals surface area contributed by atoms with Crippen LogP contribution in [0.25, 0.3) is 33.4 Å². The maximum atomic E-state index is 12.3. The lowest BCUT2D eigenvalue weighted by molar-refractivity contribution is 0.272. The number of benzene rings is 2. The van der Waals surface area contributed by atoms with Crippen LogP contribution >= 0.6 is 0 Å². The summed E-state index contributed by atoms with van der Waals surface area (Å²) in [5, 5.41) is 7.67. The number of H-pyrrole nitrogens is 2. The van der Waals surface area contributed by atoms with Gasteiger partial charge in [-0.25, -0.2) is 4.79 Å². The lowest BCUT2D eigenvalue weighted by Gasteiger charge is -2.13. The number of aromatic nitrogens is 4. The van der Waals surface area contributed by atoms with E-state index in [1.807, 2.05) is 48.5 Å². The van der Waals surface area contributed by atoms with E-state index in [1.54, 1.807) is 0 Å². The minimum atomic E-state index is -0.425. The molecule has 0 unspecified atom stereocenters. The molecule has 0 radical (unpaired) electrons. The molecule has 4 aromatic rings. The third kappa shape index (κ3) is 3.46. The van der Waals surface area contributed by atoms with Gasteiger partial charge in [0.05, 0.1) is 23.5 Å². The van der Waals surface area contributed by atoms with Gasteiger partial charge in [-0.15, -0.1) is 0 Å². The molecule has 0 saturated heterocycles. The van der Waals surface area contributed by atoms with Crippen molar-refractivity contribution in [3.63, 3.8) is 0 Å². The van der Waals surface area contributed by atoms with E-state index in [0.29, 0.717) is 29.7 Å². The number of nitrogens with zero attached hydrogens (tertiary/aromatic N) is 2. The van der Waals surface area contributed by atoms with Gasteiger partial charge in [0.1, 0.15) is 5.75 Å². The summed E-state index contributed by atoms with van der Waals surface area (Å²) >= 11 is 0. The van der Waals surface area contributed by atoms with Crippen molar-refractivity contribution in [2.24, 2.45) is 5.92 Å². The number of hydrogen-bond acceptors (Lipinski definition) is 5. The molecule has 28 heavy (non-hydrogen) atoms. The molecule has 142 valence electrons. The minimum Gasteiger partial charge on any atom is -0.493 e. The smallest absolute Gasteiger partial charge is 0.345 e. The molecule has 0 aliphatic rings. The predicted molar refractivity (Wildman–Crippen MR) is 110 cm³/mol. The van der Waals surface area contributed by atoms with Crippen molar-refractivity contribution in [1.82, 2.24) is 20.2 Å². The van der Waals surface area contributed by atoms with Crippen molar-refractivity contribution in [2.45, 2.75) is 13.8 Å². The van der Waals surface area contributed by atoms with Gasteiger partial charge in [0.15, 0.2) is 5.82 Å². The van der Waals surface area contributed by atoms with E-state index in [0.717, 1.165) is 27.8 Å². The van der Waals surface area contributed by atoms with E-state index in [9.17, 15) is 4.79 Å². The normalized spacial score (nSPS) is 11.2. The van der Waals surface area contributed by atoms with E-state index < -0.39 is 5.69 Å². The average Bonchev–Trinajstić information content (AvgIpc) is 3.06. The van der Waals surface area contributed by atoms with Crippen LogP contribution < -0.4 is 16.2 Å². The molecule has 7 heteroatoms. The third-order valence-corrected chi connectivity index (χ3v) is 4.38. The zero-order chi connectivity index (χ0) is 19.7. The molecule has 0 amide bonds. The zero-order valence-electron chi connectivity index (χ0n) is 15.7. The molecule has 2 aromatic carbocycles. The molecule has 7 nitrogen and oxygen atoms in total. The van der Waals surface area contributed by atoms with Crippen LogP contribution in [0.4, 0.5) is 5.82 Å². The van der Waals surface area contributed by atoms with Gasteiger partial charge < -0.3 is 15.5 Å². The van der Waals surface area contributed by atoms with Gasteiger partial charge in [-0.05, 0) is 36.2 Å². The molecule has 2 aromatic heterocycles. The molecule has 0 spiro atoms. The summed E-state index contributed by atoms with van der Waals surface area (Å²) in [5.74, 6) is 1.53. The first kappa shape index (κ1) is 17.8. The molecule has 2 heterocycles. The summed E-state index contributed by atoms with van der Waals surface area (Å²) < 4.78 is 5.93. The molecule has 0 aliphatic carbocycles. The Hall–Kier alpha value is -3.61. The van der Waals surface area contributed by atoms with Crippen LogP contribution in [-0.2, 0) is 0 Å².